The monoisotopic (exact) mass is 309 g/mol. The van der Waals surface area contributed by atoms with Crippen LogP contribution in [0.3, 0.4) is 0 Å². The molecule has 0 fully saturated rings. The standard InChI is InChI=1S/C13H9Cl2N3O2/c14-10-6-9(13(18(19)20)12(15)7-10)8-16-17-11-4-2-1-3-5-11/h1-8,17H. The molecule has 0 bridgehead atoms. The maximum atomic E-state index is 11.0. The van der Waals surface area contributed by atoms with Crippen molar-refractivity contribution >= 4 is 40.8 Å². The van der Waals surface area contributed by atoms with Crippen LogP contribution in [0.25, 0.3) is 0 Å². The maximum Gasteiger partial charge on any atom is 0.296 e. The third-order valence-corrected chi connectivity index (χ3v) is 2.92. The minimum Gasteiger partial charge on any atom is -0.279 e. The van der Waals surface area contributed by atoms with Crippen molar-refractivity contribution in [3.8, 4) is 0 Å². The molecule has 0 atom stereocenters. The SMILES string of the molecule is O=[N+]([O-])c1c(Cl)cc(Cl)cc1C=NNc1ccccc1. The van der Waals surface area contributed by atoms with Crippen molar-refractivity contribution in [2.45, 2.75) is 0 Å². The summed E-state index contributed by atoms with van der Waals surface area (Å²) in [5.74, 6) is 0. The van der Waals surface area contributed by atoms with Gasteiger partial charge in [-0.15, -0.1) is 0 Å². The molecule has 2 aromatic rings. The van der Waals surface area contributed by atoms with Crippen LogP contribution in [0, 0.1) is 10.1 Å². The Morgan fingerprint density at radius 2 is 1.90 bits per heavy atom. The Labute approximate surface area is 125 Å². The molecule has 2 rings (SSSR count). The van der Waals surface area contributed by atoms with Gasteiger partial charge in [-0.25, -0.2) is 0 Å². The molecule has 0 spiro atoms. The number of nitrogens with zero attached hydrogens (tertiary/aromatic N) is 2. The van der Waals surface area contributed by atoms with Crippen LogP contribution in [0.15, 0.2) is 47.6 Å². The topological polar surface area (TPSA) is 67.5 Å². The van der Waals surface area contributed by atoms with Gasteiger partial charge in [0.1, 0.15) is 5.02 Å². The molecular formula is C13H9Cl2N3O2. The number of nitrogens with one attached hydrogen (secondary N) is 1. The van der Waals surface area contributed by atoms with E-state index in [0.717, 1.165) is 5.69 Å². The summed E-state index contributed by atoms with van der Waals surface area (Å²) in [6.45, 7) is 0. The molecule has 0 heterocycles. The fraction of sp³-hybridized carbons (Fsp3) is 0. The third-order valence-electron chi connectivity index (χ3n) is 2.41. The summed E-state index contributed by atoms with van der Waals surface area (Å²) in [5.41, 5.74) is 3.53. The molecule has 20 heavy (non-hydrogen) atoms. The predicted octanol–water partition coefficient (Wildman–Crippen LogP) is 4.35. The zero-order valence-electron chi connectivity index (χ0n) is 10.1. The summed E-state index contributed by atoms with van der Waals surface area (Å²) in [4.78, 5) is 10.4. The van der Waals surface area contributed by atoms with E-state index in [1.165, 1.54) is 18.3 Å². The van der Waals surface area contributed by atoms with Crippen molar-refractivity contribution in [3.05, 3.63) is 68.2 Å². The Morgan fingerprint density at radius 3 is 2.55 bits per heavy atom. The van der Waals surface area contributed by atoms with E-state index in [0.29, 0.717) is 5.02 Å². The van der Waals surface area contributed by atoms with Gasteiger partial charge in [0.25, 0.3) is 5.69 Å². The summed E-state index contributed by atoms with van der Waals surface area (Å²) in [5, 5.41) is 15.2. The third kappa shape index (κ3) is 3.46. The van der Waals surface area contributed by atoms with Gasteiger partial charge in [-0.2, -0.15) is 5.10 Å². The number of benzene rings is 2. The highest BCUT2D eigenvalue weighted by molar-refractivity contribution is 6.36. The summed E-state index contributed by atoms with van der Waals surface area (Å²) in [7, 11) is 0. The van der Waals surface area contributed by atoms with E-state index in [1.54, 1.807) is 0 Å². The number of hydrogen-bond donors (Lipinski definition) is 1. The number of rotatable bonds is 4. The Bertz CT molecular complexity index is 660. The van der Waals surface area contributed by atoms with Gasteiger partial charge >= 0.3 is 0 Å². The van der Waals surface area contributed by atoms with Crippen LogP contribution in [0.5, 0.6) is 0 Å². The number of anilines is 1. The van der Waals surface area contributed by atoms with E-state index >= 15 is 0 Å². The van der Waals surface area contributed by atoms with Crippen LogP contribution in [-0.4, -0.2) is 11.1 Å². The van der Waals surface area contributed by atoms with Crippen molar-refractivity contribution in [3.63, 3.8) is 0 Å². The molecule has 102 valence electrons. The predicted molar refractivity (Wildman–Crippen MR) is 80.8 cm³/mol. The lowest BCUT2D eigenvalue weighted by molar-refractivity contribution is -0.384. The molecule has 0 aromatic heterocycles. The van der Waals surface area contributed by atoms with Crippen molar-refractivity contribution < 1.29 is 4.92 Å². The van der Waals surface area contributed by atoms with E-state index in [2.05, 4.69) is 10.5 Å². The second-order valence-corrected chi connectivity index (χ2v) is 4.66. The van der Waals surface area contributed by atoms with Gasteiger partial charge < -0.3 is 0 Å². The van der Waals surface area contributed by atoms with Crippen LogP contribution in [0.4, 0.5) is 11.4 Å². The van der Waals surface area contributed by atoms with Crippen molar-refractivity contribution in [1.82, 2.24) is 0 Å². The molecule has 1 N–H and O–H groups in total. The normalized spacial score (nSPS) is 10.7. The molecule has 0 amide bonds. The lowest BCUT2D eigenvalue weighted by atomic mass is 10.2. The molecule has 0 saturated heterocycles. The average Bonchev–Trinajstić information content (AvgIpc) is 2.38. The van der Waals surface area contributed by atoms with E-state index in [1.807, 2.05) is 30.3 Å². The Morgan fingerprint density at radius 1 is 1.20 bits per heavy atom. The van der Waals surface area contributed by atoms with Crippen LogP contribution >= 0.6 is 23.2 Å². The largest absolute Gasteiger partial charge is 0.296 e. The highest BCUT2D eigenvalue weighted by Crippen LogP contribution is 2.30. The fourth-order valence-electron chi connectivity index (χ4n) is 1.57. The summed E-state index contributed by atoms with van der Waals surface area (Å²) in [6.07, 6.45) is 1.31. The number of nitro benzene ring substituents is 1. The smallest absolute Gasteiger partial charge is 0.279 e. The molecule has 0 aliphatic carbocycles. The number of hydrazone groups is 1. The summed E-state index contributed by atoms with van der Waals surface area (Å²) >= 11 is 11.7. The first-order valence-corrected chi connectivity index (χ1v) is 6.31. The molecular weight excluding hydrogens is 301 g/mol. The highest BCUT2D eigenvalue weighted by Gasteiger charge is 2.18. The van der Waals surface area contributed by atoms with E-state index in [4.69, 9.17) is 23.2 Å². The number of para-hydroxylation sites is 1. The van der Waals surface area contributed by atoms with E-state index < -0.39 is 4.92 Å². The van der Waals surface area contributed by atoms with Gasteiger partial charge in [0, 0.05) is 5.02 Å². The Kier molecular flexibility index (Phi) is 4.55. The first-order valence-electron chi connectivity index (χ1n) is 5.55. The molecule has 5 nitrogen and oxygen atoms in total. The minimum atomic E-state index is -0.567. The molecule has 7 heteroatoms. The molecule has 0 saturated carbocycles. The van der Waals surface area contributed by atoms with Crippen LogP contribution in [-0.2, 0) is 0 Å². The van der Waals surface area contributed by atoms with Crippen LogP contribution in [0.2, 0.25) is 10.0 Å². The molecule has 2 aromatic carbocycles. The first kappa shape index (κ1) is 14.3. The summed E-state index contributed by atoms with van der Waals surface area (Å²) < 4.78 is 0. The quantitative estimate of drug-likeness (QED) is 0.518. The van der Waals surface area contributed by atoms with Gasteiger partial charge in [0.05, 0.1) is 22.4 Å². The zero-order chi connectivity index (χ0) is 14.5. The summed E-state index contributed by atoms with van der Waals surface area (Å²) in [6, 6.07) is 11.9. The average molecular weight is 310 g/mol. The molecule has 0 radical (unpaired) electrons. The lowest BCUT2D eigenvalue weighted by Crippen LogP contribution is -1.97. The van der Waals surface area contributed by atoms with E-state index in [-0.39, 0.29) is 16.3 Å². The van der Waals surface area contributed by atoms with Crippen molar-refractivity contribution in [1.29, 1.82) is 0 Å². The number of hydrogen-bond acceptors (Lipinski definition) is 4. The Hall–Kier alpha value is -2.11. The number of halogens is 2. The highest BCUT2D eigenvalue weighted by atomic mass is 35.5. The molecule has 0 unspecified atom stereocenters. The van der Waals surface area contributed by atoms with Crippen molar-refractivity contribution in [2.75, 3.05) is 5.43 Å². The van der Waals surface area contributed by atoms with Gasteiger partial charge in [-0.3, -0.25) is 15.5 Å². The van der Waals surface area contributed by atoms with Gasteiger partial charge in [-0.05, 0) is 24.3 Å². The minimum absolute atomic E-state index is 0.0244. The van der Waals surface area contributed by atoms with Crippen molar-refractivity contribution in [2.24, 2.45) is 5.10 Å². The fourth-order valence-corrected chi connectivity index (χ4v) is 2.14. The van der Waals surface area contributed by atoms with Gasteiger partial charge in [0.15, 0.2) is 0 Å². The van der Waals surface area contributed by atoms with E-state index in [9.17, 15) is 10.1 Å². The zero-order valence-corrected chi connectivity index (χ0v) is 11.6. The van der Waals surface area contributed by atoms with Gasteiger partial charge in [-0.1, -0.05) is 41.4 Å². The second-order valence-electron chi connectivity index (χ2n) is 3.82. The lowest BCUT2D eigenvalue weighted by Gasteiger charge is -2.02. The molecule has 0 aliphatic rings. The van der Waals surface area contributed by atoms with Crippen LogP contribution in [0.1, 0.15) is 5.56 Å². The number of nitro groups is 1. The van der Waals surface area contributed by atoms with Gasteiger partial charge in [0.2, 0.25) is 0 Å². The second kappa shape index (κ2) is 6.36. The first-order chi connectivity index (χ1) is 9.58. The maximum absolute atomic E-state index is 11.0. The van der Waals surface area contributed by atoms with Crippen LogP contribution < -0.4 is 5.43 Å². The molecule has 0 aliphatic heterocycles. The Balaban J connectivity index is 2.26.